The Hall–Kier alpha value is -3.17. The summed E-state index contributed by atoms with van der Waals surface area (Å²) < 4.78 is 6.01. The van der Waals surface area contributed by atoms with Crippen LogP contribution in [0.4, 0.5) is 5.69 Å². The van der Waals surface area contributed by atoms with Gasteiger partial charge in [-0.1, -0.05) is 28.9 Å². The zero-order valence-corrected chi connectivity index (χ0v) is 19.7. The number of hydrogen-bond donors (Lipinski definition) is 1. The van der Waals surface area contributed by atoms with Crippen molar-refractivity contribution in [1.82, 2.24) is 15.0 Å². The molecule has 2 N–H and O–H groups in total. The lowest BCUT2D eigenvalue weighted by molar-refractivity contribution is -0.122. The SMILES string of the molecule is CN(Cc1cc(-c2ccc(/N=C/N3CCC(C(N)=O)CC3)cc2)no1)C(=O)c1ccc(Cl)s1. The first-order valence-electron chi connectivity index (χ1n) is 10.5. The molecule has 0 atom stereocenters. The van der Waals surface area contributed by atoms with E-state index in [1.165, 1.54) is 11.3 Å². The predicted molar refractivity (Wildman–Crippen MR) is 129 cm³/mol. The first kappa shape index (κ1) is 23.0. The van der Waals surface area contributed by atoms with Crippen LogP contribution in [-0.4, -0.2) is 53.2 Å². The Kier molecular flexibility index (Phi) is 7.10. The fourth-order valence-corrected chi connectivity index (χ4v) is 4.65. The van der Waals surface area contributed by atoms with Crippen LogP contribution >= 0.6 is 22.9 Å². The van der Waals surface area contributed by atoms with Gasteiger partial charge >= 0.3 is 0 Å². The molecule has 1 aliphatic rings. The molecule has 1 aromatic carbocycles. The van der Waals surface area contributed by atoms with Gasteiger partial charge in [0.1, 0.15) is 5.69 Å². The Morgan fingerprint density at radius 3 is 2.64 bits per heavy atom. The average Bonchev–Trinajstić information content (AvgIpc) is 3.47. The lowest BCUT2D eigenvalue weighted by atomic mass is 9.97. The lowest BCUT2D eigenvalue weighted by Gasteiger charge is -2.28. The second-order valence-electron chi connectivity index (χ2n) is 7.95. The second-order valence-corrected chi connectivity index (χ2v) is 9.66. The van der Waals surface area contributed by atoms with Crippen LogP contribution in [0.3, 0.4) is 0 Å². The number of likely N-dealkylation sites (tertiary alicyclic amines) is 1. The summed E-state index contributed by atoms with van der Waals surface area (Å²) in [5.74, 6) is 0.216. The number of rotatable bonds is 7. The molecule has 8 nitrogen and oxygen atoms in total. The highest BCUT2D eigenvalue weighted by molar-refractivity contribution is 7.17. The smallest absolute Gasteiger partial charge is 0.264 e. The molecule has 10 heteroatoms. The summed E-state index contributed by atoms with van der Waals surface area (Å²) in [4.78, 5) is 32.5. The van der Waals surface area contributed by atoms with Crippen molar-refractivity contribution >= 4 is 46.8 Å². The Labute approximate surface area is 200 Å². The van der Waals surface area contributed by atoms with Crippen molar-refractivity contribution in [3.05, 3.63) is 57.4 Å². The number of aromatic nitrogens is 1. The zero-order chi connectivity index (χ0) is 23.4. The van der Waals surface area contributed by atoms with Crippen molar-refractivity contribution < 1.29 is 14.1 Å². The van der Waals surface area contributed by atoms with Gasteiger partial charge in [-0.05, 0) is 37.1 Å². The van der Waals surface area contributed by atoms with Crippen molar-refractivity contribution in [2.45, 2.75) is 19.4 Å². The van der Waals surface area contributed by atoms with E-state index in [9.17, 15) is 9.59 Å². The zero-order valence-electron chi connectivity index (χ0n) is 18.1. The number of piperidine rings is 1. The van der Waals surface area contributed by atoms with Crippen LogP contribution in [0.5, 0.6) is 0 Å². The molecular weight excluding hydrogens is 462 g/mol. The Morgan fingerprint density at radius 2 is 2.00 bits per heavy atom. The van der Waals surface area contributed by atoms with Gasteiger partial charge in [-0.2, -0.15) is 0 Å². The molecule has 33 heavy (non-hydrogen) atoms. The number of hydrogen-bond acceptors (Lipinski definition) is 6. The van der Waals surface area contributed by atoms with E-state index >= 15 is 0 Å². The van der Waals surface area contributed by atoms with E-state index in [1.54, 1.807) is 24.1 Å². The average molecular weight is 486 g/mol. The van der Waals surface area contributed by atoms with Crippen molar-refractivity contribution in [3.8, 4) is 11.3 Å². The van der Waals surface area contributed by atoms with Crippen molar-refractivity contribution in [1.29, 1.82) is 0 Å². The molecule has 0 saturated carbocycles. The summed E-state index contributed by atoms with van der Waals surface area (Å²) >= 11 is 7.17. The highest BCUT2D eigenvalue weighted by atomic mass is 35.5. The molecule has 172 valence electrons. The normalized spacial score (nSPS) is 14.7. The van der Waals surface area contributed by atoms with Gasteiger partial charge in [0.15, 0.2) is 5.76 Å². The number of primary amides is 1. The first-order valence-corrected chi connectivity index (χ1v) is 11.7. The minimum Gasteiger partial charge on any atom is -0.369 e. The van der Waals surface area contributed by atoms with Crippen molar-refractivity contribution in [2.75, 3.05) is 20.1 Å². The van der Waals surface area contributed by atoms with Gasteiger partial charge in [-0.15, -0.1) is 11.3 Å². The third-order valence-electron chi connectivity index (χ3n) is 5.55. The fraction of sp³-hybridized carbons (Fsp3) is 0.304. The van der Waals surface area contributed by atoms with Crippen LogP contribution in [0.25, 0.3) is 11.3 Å². The van der Waals surface area contributed by atoms with Gasteiger partial charge in [-0.25, -0.2) is 4.99 Å². The number of amides is 2. The van der Waals surface area contributed by atoms with E-state index in [2.05, 4.69) is 15.0 Å². The Bertz CT molecular complexity index is 1150. The number of thiophene rings is 1. The van der Waals surface area contributed by atoms with E-state index in [0.717, 1.165) is 37.2 Å². The van der Waals surface area contributed by atoms with Gasteiger partial charge in [0.25, 0.3) is 5.91 Å². The Morgan fingerprint density at radius 1 is 1.27 bits per heavy atom. The van der Waals surface area contributed by atoms with Gasteiger partial charge in [0.2, 0.25) is 5.91 Å². The van der Waals surface area contributed by atoms with Crippen LogP contribution < -0.4 is 5.73 Å². The fourth-order valence-electron chi connectivity index (χ4n) is 3.61. The summed E-state index contributed by atoms with van der Waals surface area (Å²) in [7, 11) is 1.71. The summed E-state index contributed by atoms with van der Waals surface area (Å²) in [5.41, 5.74) is 7.78. The predicted octanol–water partition coefficient (Wildman–Crippen LogP) is 4.19. The molecule has 0 radical (unpaired) electrons. The van der Waals surface area contributed by atoms with E-state index in [-0.39, 0.29) is 17.7 Å². The highest BCUT2D eigenvalue weighted by Gasteiger charge is 2.21. The van der Waals surface area contributed by atoms with Crippen LogP contribution in [0, 0.1) is 5.92 Å². The Balaban J connectivity index is 1.33. The highest BCUT2D eigenvalue weighted by Crippen LogP contribution is 2.25. The molecule has 1 fully saturated rings. The van der Waals surface area contributed by atoms with Gasteiger partial charge in [0.05, 0.1) is 27.8 Å². The number of halogens is 1. The van der Waals surface area contributed by atoms with Crippen molar-refractivity contribution in [2.24, 2.45) is 16.6 Å². The van der Waals surface area contributed by atoms with Gasteiger partial charge in [0, 0.05) is 37.7 Å². The van der Waals surface area contributed by atoms with E-state index in [1.807, 2.05) is 36.7 Å². The molecule has 0 unspecified atom stereocenters. The topological polar surface area (TPSA) is 105 Å². The number of carbonyl (C=O) groups is 2. The molecule has 3 heterocycles. The second kappa shape index (κ2) is 10.2. The minimum absolute atomic E-state index is 0.0339. The van der Waals surface area contributed by atoms with Crippen LogP contribution in [0.1, 0.15) is 28.3 Å². The summed E-state index contributed by atoms with van der Waals surface area (Å²) in [6, 6.07) is 12.9. The molecule has 0 bridgehead atoms. The number of nitrogens with zero attached hydrogens (tertiary/aromatic N) is 4. The lowest BCUT2D eigenvalue weighted by Crippen LogP contribution is -2.37. The van der Waals surface area contributed by atoms with Crippen LogP contribution in [0.2, 0.25) is 4.34 Å². The molecule has 2 amide bonds. The van der Waals surface area contributed by atoms with E-state index < -0.39 is 0 Å². The van der Waals surface area contributed by atoms with Gasteiger partial charge < -0.3 is 20.1 Å². The molecule has 1 saturated heterocycles. The number of carbonyl (C=O) groups excluding carboxylic acids is 2. The molecule has 4 rings (SSSR count). The number of nitrogens with two attached hydrogens (primary N) is 1. The third kappa shape index (κ3) is 5.80. The standard InChI is InChI=1S/C23H24ClN5O3S/c1-28(23(31)20-6-7-21(24)33-20)13-18-12-19(27-32-18)15-2-4-17(5-3-15)26-14-29-10-8-16(9-11-29)22(25)30/h2-7,12,14,16H,8-11,13H2,1H3,(H2,25,30)/b26-14+. The van der Waals surface area contributed by atoms with E-state index in [4.69, 9.17) is 21.9 Å². The number of benzene rings is 1. The first-order chi connectivity index (χ1) is 15.9. The molecule has 0 spiro atoms. The van der Waals surface area contributed by atoms with Crippen LogP contribution in [-0.2, 0) is 11.3 Å². The number of aliphatic imine (C=N–C) groups is 1. The van der Waals surface area contributed by atoms with Crippen molar-refractivity contribution in [3.63, 3.8) is 0 Å². The molecule has 2 aromatic heterocycles. The summed E-state index contributed by atoms with van der Waals surface area (Å²) in [5, 5.41) is 4.13. The molecule has 0 aliphatic carbocycles. The maximum atomic E-state index is 12.5. The maximum absolute atomic E-state index is 12.5. The largest absolute Gasteiger partial charge is 0.369 e. The maximum Gasteiger partial charge on any atom is 0.264 e. The molecule has 3 aromatic rings. The quantitative estimate of drug-likeness (QED) is 0.399. The minimum atomic E-state index is -0.219. The third-order valence-corrected chi connectivity index (χ3v) is 6.77. The summed E-state index contributed by atoms with van der Waals surface area (Å²) in [6.07, 6.45) is 3.33. The van der Waals surface area contributed by atoms with Crippen LogP contribution in [0.15, 0.2) is 52.0 Å². The molecule has 1 aliphatic heterocycles. The summed E-state index contributed by atoms with van der Waals surface area (Å²) in [6.45, 7) is 1.84. The van der Waals surface area contributed by atoms with Gasteiger partial charge in [-0.3, -0.25) is 9.59 Å². The monoisotopic (exact) mass is 485 g/mol. The molecular formula is C23H24ClN5O3S. The van der Waals surface area contributed by atoms with E-state index in [0.29, 0.717) is 27.2 Å².